The Balaban J connectivity index is 1.74. The number of rotatable bonds is 3. The first kappa shape index (κ1) is 11.9. The van der Waals surface area contributed by atoms with E-state index < -0.39 is 0 Å². The van der Waals surface area contributed by atoms with Crippen LogP contribution in [0.5, 0.6) is 0 Å². The zero-order valence-electron chi connectivity index (χ0n) is 9.80. The standard InChI is InChI=1S/C12H18N4O/c13-12(17)16-7-4-10(5-8-16)15-9-11-3-1-2-6-14-11/h1-3,6,10,15H,4-5,7-9H2,(H2,13,17). The Morgan fingerprint density at radius 1 is 1.47 bits per heavy atom. The highest BCUT2D eigenvalue weighted by Crippen LogP contribution is 2.10. The van der Waals surface area contributed by atoms with Crippen molar-refractivity contribution in [2.75, 3.05) is 13.1 Å². The van der Waals surface area contributed by atoms with Gasteiger partial charge in [0.15, 0.2) is 0 Å². The molecule has 0 atom stereocenters. The number of likely N-dealkylation sites (tertiary alicyclic amines) is 1. The SMILES string of the molecule is NC(=O)N1CCC(NCc2ccccn2)CC1. The van der Waals surface area contributed by atoms with E-state index >= 15 is 0 Å². The fourth-order valence-corrected chi connectivity index (χ4v) is 2.06. The fourth-order valence-electron chi connectivity index (χ4n) is 2.06. The van der Waals surface area contributed by atoms with E-state index in [4.69, 9.17) is 5.73 Å². The summed E-state index contributed by atoms with van der Waals surface area (Å²) >= 11 is 0. The van der Waals surface area contributed by atoms with Gasteiger partial charge < -0.3 is 16.0 Å². The topological polar surface area (TPSA) is 71.2 Å². The Labute approximate surface area is 101 Å². The molecule has 5 nitrogen and oxygen atoms in total. The second kappa shape index (κ2) is 5.63. The summed E-state index contributed by atoms with van der Waals surface area (Å²) in [6, 6.07) is 6.04. The smallest absolute Gasteiger partial charge is 0.314 e. The molecule has 1 aliphatic heterocycles. The minimum Gasteiger partial charge on any atom is -0.351 e. The van der Waals surface area contributed by atoms with Crippen LogP contribution in [0.1, 0.15) is 18.5 Å². The van der Waals surface area contributed by atoms with Crippen LogP contribution in [0.25, 0.3) is 0 Å². The zero-order chi connectivity index (χ0) is 12.1. The van der Waals surface area contributed by atoms with Gasteiger partial charge in [0, 0.05) is 31.9 Å². The molecule has 2 heterocycles. The van der Waals surface area contributed by atoms with Crippen LogP contribution < -0.4 is 11.1 Å². The van der Waals surface area contributed by atoms with Crippen molar-refractivity contribution in [3.8, 4) is 0 Å². The van der Waals surface area contributed by atoms with Gasteiger partial charge in [-0.2, -0.15) is 0 Å². The molecule has 1 saturated heterocycles. The summed E-state index contributed by atoms with van der Waals surface area (Å²) in [5, 5.41) is 3.46. The second-order valence-electron chi connectivity index (χ2n) is 4.30. The summed E-state index contributed by atoms with van der Waals surface area (Å²) in [5.74, 6) is 0. The number of nitrogens with one attached hydrogen (secondary N) is 1. The fraction of sp³-hybridized carbons (Fsp3) is 0.500. The van der Waals surface area contributed by atoms with Crippen LogP contribution >= 0.6 is 0 Å². The number of pyridine rings is 1. The summed E-state index contributed by atoms with van der Waals surface area (Å²) in [6.07, 6.45) is 3.71. The van der Waals surface area contributed by atoms with Crippen molar-refractivity contribution in [2.45, 2.75) is 25.4 Å². The molecule has 1 fully saturated rings. The molecule has 1 aromatic rings. The number of nitrogens with zero attached hydrogens (tertiary/aromatic N) is 2. The van der Waals surface area contributed by atoms with Crippen LogP contribution in [0.2, 0.25) is 0 Å². The first-order chi connectivity index (χ1) is 8.25. The highest BCUT2D eigenvalue weighted by Gasteiger charge is 2.20. The van der Waals surface area contributed by atoms with E-state index in [1.807, 2.05) is 18.2 Å². The number of carbonyl (C=O) groups excluding carboxylic acids is 1. The average molecular weight is 234 g/mol. The lowest BCUT2D eigenvalue weighted by atomic mass is 10.1. The van der Waals surface area contributed by atoms with Crippen LogP contribution in [0.4, 0.5) is 4.79 Å². The highest BCUT2D eigenvalue weighted by molar-refractivity contribution is 5.72. The Morgan fingerprint density at radius 2 is 2.24 bits per heavy atom. The zero-order valence-corrected chi connectivity index (χ0v) is 9.80. The maximum atomic E-state index is 11.0. The van der Waals surface area contributed by atoms with Crippen LogP contribution in [-0.4, -0.2) is 35.0 Å². The maximum Gasteiger partial charge on any atom is 0.314 e. The van der Waals surface area contributed by atoms with Crippen LogP contribution in [0.15, 0.2) is 24.4 Å². The number of hydrogen-bond donors (Lipinski definition) is 2. The molecule has 1 aromatic heterocycles. The number of aromatic nitrogens is 1. The average Bonchev–Trinajstić information content (AvgIpc) is 2.38. The highest BCUT2D eigenvalue weighted by atomic mass is 16.2. The summed E-state index contributed by atoms with van der Waals surface area (Å²) in [6.45, 7) is 2.27. The molecule has 17 heavy (non-hydrogen) atoms. The van der Waals surface area contributed by atoms with Gasteiger partial charge in [0.1, 0.15) is 0 Å². The normalized spacial score (nSPS) is 17.1. The van der Waals surface area contributed by atoms with E-state index in [9.17, 15) is 4.79 Å². The molecule has 5 heteroatoms. The van der Waals surface area contributed by atoms with Gasteiger partial charge in [-0.05, 0) is 25.0 Å². The molecule has 2 rings (SSSR count). The second-order valence-corrected chi connectivity index (χ2v) is 4.30. The summed E-state index contributed by atoms with van der Waals surface area (Å²) < 4.78 is 0. The van der Waals surface area contributed by atoms with E-state index in [0.717, 1.165) is 38.2 Å². The van der Waals surface area contributed by atoms with E-state index in [2.05, 4.69) is 10.3 Å². The number of piperidine rings is 1. The summed E-state index contributed by atoms with van der Waals surface area (Å²) in [7, 11) is 0. The monoisotopic (exact) mass is 234 g/mol. The Kier molecular flexibility index (Phi) is 3.93. The molecule has 0 unspecified atom stereocenters. The predicted molar refractivity (Wildman–Crippen MR) is 65.3 cm³/mol. The van der Waals surface area contributed by atoms with Crippen molar-refractivity contribution in [3.63, 3.8) is 0 Å². The van der Waals surface area contributed by atoms with Gasteiger partial charge in [0.2, 0.25) is 0 Å². The molecule has 0 spiro atoms. The third-order valence-corrected chi connectivity index (χ3v) is 3.10. The van der Waals surface area contributed by atoms with Gasteiger partial charge >= 0.3 is 6.03 Å². The predicted octanol–water partition coefficient (Wildman–Crippen LogP) is 0.714. The largest absolute Gasteiger partial charge is 0.351 e. The molecular weight excluding hydrogens is 216 g/mol. The van der Waals surface area contributed by atoms with E-state index in [1.54, 1.807) is 11.1 Å². The van der Waals surface area contributed by atoms with Gasteiger partial charge in [-0.3, -0.25) is 4.98 Å². The Hall–Kier alpha value is -1.62. The first-order valence-electron chi connectivity index (χ1n) is 5.93. The number of hydrogen-bond acceptors (Lipinski definition) is 3. The van der Waals surface area contributed by atoms with Crippen molar-refractivity contribution in [3.05, 3.63) is 30.1 Å². The number of amides is 2. The first-order valence-corrected chi connectivity index (χ1v) is 5.93. The van der Waals surface area contributed by atoms with Crippen molar-refractivity contribution in [2.24, 2.45) is 5.73 Å². The molecule has 0 aromatic carbocycles. The van der Waals surface area contributed by atoms with Crippen molar-refractivity contribution in [1.82, 2.24) is 15.2 Å². The molecule has 0 saturated carbocycles. The lowest BCUT2D eigenvalue weighted by Gasteiger charge is -2.31. The lowest BCUT2D eigenvalue weighted by Crippen LogP contribution is -2.46. The van der Waals surface area contributed by atoms with Gasteiger partial charge in [0.25, 0.3) is 0 Å². The summed E-state index contributed by atoms with van der Waals surface area (Å²) in [5.41, 5.74) is 6.28. The number of nitrogens with two attached hydrogens (primary N) is 1. The third-order valence-electron chi connectivity index (χ3n) is 3.10. The van der Waals surface area contributed by atoms with Gasteiger partial charge in [-0.25, -0.2) is 4.79 Å². The van der Waals surface area contributed by atoms with Crippen molar-refractivity contribution >= 4 is 6.03 Å². The van der Waals surface area contributed by atoms with E-state index in [0.29, 0.717) is 6.04 Å². The van der Waals surface area contributed by atoms with Crippen molar-refractivity contribution < 1.29 is 4.79 Å². The third kappa shape index (κ3) is 3.42. The van der Waals surface area contributed by atoms with Crippen LogP contribution in [0, 0.1) is 0 Å². The van der Waals surface area contributed by atoms with E-state index in [-0.39, 0.29) is 6.03 Å². The van der Waals surface area contributed by atoms with E-state index in [1.165, 1.54) is 0 Å². The number of urea groups is 1. The molecule has 3 N–H and O–H groups in total. The van der Waals surface area contributed by atoms with Crippen molar-refractivity contribution in [1.29, 1.82) is 0 Å². The molecule has 1 aliphatic rings. The van der Waals surface area contributed by atoms with Gasteiger partial charge in [0.05, 0.1) is 5.69 Å². The molecule has 0 radical (unpaired) electrons. The minimum absolute atomic E-state index is 0.312. The number of primary amides is 1. The lowest BCUT2D eigenvalue weighted by molar-refractivity contribution is 0.185. The Bertz CT molecular complexity index is 360. The van der Waals surface area contributed by atoms with Gasteiger partial charge in [-0.15, -0.1) is 0 Å². The Morgan fingerprint density at radius 3 is 2.82 bits per heavy atom. The quantitative estimate of drug-likeness (QED) is 0.809. The van der Waals surface area contributed by atoms with Crippen LogP contribution in [0.3, 0.4) is 0 Å². The molecule has 0 aliphatic carbocycles. The van der Waals surface area contributed by atoms with Gasteiger partial charge in [-0.1, -0.05) is 6.07 Å². The van der Waals surface area contributed by atoms with Crippen LogP contribution in [-0.2, 0) is 6.54 Å². The maximum absolute atomic E-state index is 11.0. The molecular formula is C12H18N4O. The molecule has 2 amide bonds. The molecule has 0 bridgehead atoms. The molecule has 92 valence electrons. The number of carbonyl (C=O) groups is 1. The minimum atomic E-state index is -0.312. The summed E-state index contributed by atoms with van der Waals surface area (Å²) in [4.78, 5) is 16.9.